The molecule has 9 heteroatoms. The molecule has 0 aliphatic rings. The van der Waals surface area contributed by atoms with Crippen LogP contribution >= 0.6 is 0 Å². The van der Waals surface area contributed by atoms with Gasteiger partial charge in [0.15, 0.2) is 5.92 Å². The molecule has 1 aromatic rings. The average molecular weight is 337 g/mol. The van der Waals surface area contributed by atoms with Gasteiger partial charge in [0.25, 0.3) is 5.91 Å². The number of hydrogen-bond donors (Lipinski definition) is 2. The number of esters is 2. The lowest BCUT2D eigenvalue weighted by molar-refractivity contribution is -0.161. The molecule has 9 nitrogen and oxygen atoms in total. The number of ether oxygens (including phenoxy) is 2. The summed E-state index contributed by atoms with van der Waals surface area (Å²) in [6.45, 7) is 1.42. The summed E-state index contributed by atoms with van der Waals surface area (Å²) in [6.07, 6.45) is 2.81. The molecule has 130 valence electrons. The molecule has 0 unspecified atom stereocenters. The van der Waals surface area contributed by atoms with Crippen LogP contribution in [0, 0.1) is 11.8 Å². The number of pyridine rings is 1. The van der Waals surface area contributed by atoms with Crippen LogP contribution in [0.2, 0.25) is 0 Å². The molecule has 0 aliphatic carbocycles. The smallest absolute Gasteiger partial charge is 0.320 e. The van der Waals surface area contributed by atoms with Crippen molar-refractivity contribution in [3.05, 3.63) is 30.1 Å². The maximum atomic E-state index is 12.2. The lowest BCUT2D eigenvalue weighted by Gasteiger charge is -2.26. The van der Waals surface area contributed by atoms with E-state index in [1.54, 1.807) is 0 Å². The Morgan fingerprint density at radius 3 is 2.00 bits per heavy atom. The number of rotatable bonds is 7. The molecule has 0 fully saturated rings. The van der Waals surface area contributed by atoms with Crippen LogP contribution in [0.5, 0.6) is 0 Å². The summed E-state index contributed by atoms with van der Waals surface area (Å²) in [6, 6.07) is 1.60. The average Bonchev–Trinajstić information content (AvgIpc) is 2.59. The fourth-order valence-corrected chi connectivity index (χ4v) is 2.16. The van der Waals surface area contributed by atoms with E-state index in [0.29, 0.717) is 0 Å². The maximum absolute atomic E-state index is 12.2. The number of carbonyl (C=O) groups is 4. The minimum atomic E-state index is -1.41. The van der Waals surface area contributed by atoms with E-state index >= 15 is 0 Å². The van der Waals surface area contributed by atoms with Crippen molar-refractivity contribution in [2.75, 3.05) is 14.2 Å². The zero-order valence-corrected chi connectivity index (χ0v) is 13.5. The summed E-state index contributed by atoms with van der Waals surface area (Å²) in [5, 5.41) is 2.41. The second-order valence-electron chi connectivity index (χ2n) is 4.97. The molecule has 0 aliphatic heterocycles. The first kappa shape index (κ1) is 19.1. The van der Waals surface area contributed by atoms with Crippen molar-refractivity contribution in [3.8, 4) is 0 Å². The van der Waals surface area contributed by atoms with Gasteiger partial charge in [-0.3, -0.25) is 24.2 Å². The summed E-state index contributed by atoms with van der Waals surface area (Å²) in [7, 11) is 2.19. The second-order valence-corrected chi connectivity index (χ2v) is 4.97. The number of primary amides is 1. The standard InChI is InChI=1S/C15H19N3O6/c1-8(10(14(21)23-2)15(22)24-3)11(12(16)19)18-13(20)9-4-6-17-7-5-9/h4-8,10-11H,1-3H3,(H2,16,19)(H,18,20)/t8-,11+/m1/s1. The molecule has 1 aromatic heterocycles. The van der Waals surface area contributed by atoms with Crippen molar-refractivity contribution in [1.29, 1.82) is 0 Å². The Morgan fingerprint density at radius 1 is 1.08 bits per heavy atom. The molecule has 0 saturated heterocycles. The Labute approximate surface area is 138 Å². The Bertz CT molecular complexity index is 603. The molecule has 1 heterocycles. The van der Waals surface area contributed by atoms with Gasteiger partial charge in [-0.2, -0.15) is 0 Å². The van der Waals surface area contributed by atoms with Crippen LogP contribution in [0.15, 0.2) is 24.5 Å². The van der Waals surface area contributed by atoms with Crippen LogP contribution in [0.4, 0.5) is 0 Å². The highest BCUT2D eigenvalue weighted by Crippen LogP contribution is 2.20. The Kier molecular flexibility index (Phi) is 6.84. The van der Waals surface area contributed by atoms with Gasteiger partial charge in [0.05, 0.1) is 14.2 Å². The molecule has 0 bridgehead atoms. The van der Waals surface area contributed by atoms with E-state index in [2.05, 4.69) is 19.8 Å². The largest absolute Gasteiger partial charge is 0.468 e. The van der Waals surface area contributed by atoms with E-state index in [1.807, 2.05) is 0 Å². The minimum Gasteiger partial charge on any atom is -0.468 e. The monoisotopic (exact) mass is 337 g/mol. The first-order chi connectivity index (χ1) is 11.3. The molecule has 24 heavy (non-hydrogen) atoms. The number of aromatic nitrogens is 1. The molecule has 1 rings (SSSR count). The highest BCUT2D eigenvalue weighted by Gasteiger charge is 2.41. The van der Waals surface area contributed by atoms with Gasteiger partial charge < -0.3 is 20.5 Å². The zero-order chi connectivity index (χ0) is 18.3. The Hall–Kier alpha value is -2.97. The molecule has 0 aromatic carbocycles. The first-order valence-electron chi connectivity index (χ1n) is 6.99. The number of amides is 2. The van der Waals surface area contributed by atoms with Gasteiger partial charge in [0.2, 0.25) is 5.91 Å². The third-order valence-corrected chi connectivity index (χ3v) is 3.50. The predicted molar refractivity (Wildman–Crippen MR) is 81.4 cm³/mol. The van der Waals surface area contributed by atoms with E-state index in [4.69, 9.17) is 5.73 Å². The van der Waals surface area contributed by atoms with Crippen molar-refractivity contribution < 1.29 is 28.7 Å². The van der Waals surface area contributed by atoms with E-state index in [0.717, 1.165) is 14.2 Å². The van der Waals surface area contributed by atoms with E-state index < -0.39 is 41.6 Å². The van der Waals surface area contributed by atoms with Crippen LogP contribution in [0.3, 0.4) is 0 Å². The molecular formula is C15H19N3O6. The fourth-order valence-electron chi connectivity index (χ4n) is 2.16. The third kappa shape index (κ3) is 4.51. The summed E-state index contributed by atoms with van der Waals surface area (Å²) in [5.74, 6) is -5.66. The number of carbonyl (C=O) groups excluding carboxylic acids is 4. The lowest BCUT2D eigenvalue weighted by atomic mass is 9.86. The van der Waals surface area contributed by atoms with Gasteiger partial charge in [-0.05, 0) is 12.1 Å². The van der Waals surface area contributed by atoms with Crippen molar-refractivity contribution in [2.45, 2.75) is 13.0 Å². The first-order valence-corrected chi connectivity index (χ1v) is 6.99. The van der Waals surface area contributed by atoms with Gasteiger partial charge in [0, 0.05) is 23.9 Å². The summed E-state index contributed by atoms with van der Waals surface area (Å²) in [4.78, 5) is 51.4. The molecule has 0 spiro atoms. The third-order valence-electron chi connectivity index (χ3n) is 3.50. The number of methoxy groups -OCH3 is 2. The van der Waals surface area contributed by atoms with Crippen molar-refractivity contribution in [2.24, 2.45) is 17.6 Å². The predicted octanol–water partition coefficient (Wildman–Crippen LogP) is -0.736. The van der Waals surface area contributed by atoms with Gasteiger partial charge in [-0.15, -0.1) is 0 Å². The summed E-state index contributed by atoms with van der Waals surface area (Å²) >= 11 is 0. The molecule has 2 amide bonds. The normalized spacial score (nSPS) is 12.8. The molecule has 0 radical (unpaired) electrons. The fraction of sp³-hybridized carbons (Fsp3) is 0.400. The van der Waals surface area contributed by atoms with Crippen LogP contribution in [-0.2, 0) is 23.9 Å². The van der Waals surface area contributed by atoms with Crippen LogP contribution in [-0.4, -0.2) is 49.0 Å². The van der Waals surface area contributed by atoms with Crippen molar-refractivity contribution in [1.82, 2.24) is 10.3 Å². The van der Waals surface area contributed by atoms with Crippen LogP contribution in [0.1, 0.15) is 17.3 Å². The minimum absolute atomic E-state index is 0.246. The summed E-state index contributed by atoms with van der Waals surface area (Å²) in [5.41, 5.74) is 5.56. The lowest BCUT2D eigenvalue weighted by Crippen LogP contribution is -2.52. The quantitative estimate of drug-likeness (QED) is 0.494. The topological polar surface area (TPSA) is 138 Å². The highest BCUT2D eigenvalue weighted by molar-refractivity contribution is 5.99. The number of nitrogens with zero attached hydrogens (tertiary/aromatic N) is 1. The van der Waals surface area contributed by atoms with E-state index in [1.165, 1.54) is 31.5 Å². The molecule has 3 N–H and O–H groups in total. The van der Waals surface area contributed by atoms with Crippen LogP contribution < -0.4 is 11.1 Å². The van der Waals surface area contributed by atoms with Gasteiger partial charge in [-0.1, -0.05) is 6.92 Å². The van der Waals surface area contributed by atoms with Gasteiger partial charge in [0.1, 0.15) is 6.04 Å². The Balaban J connectivity index is 3.04. The van der Waals surface area contributed by atoms with E-state index in [-0.39, 0.29) is 5.56 Å². The van der Waals surface area contributed by atoms with Crippen molar-refractivity contribution >= 4 is 23.8 Å². The van der Waals surface area contributed by atoms with Crippen LogP contribution in [0.25, 0.3) is 0 Å². The van der Waals surface area contributed by atoms with Gasteiger partial charge >= 0.3 is 11.9 Å². The molecule has 2 atom stereocenters. The molecule has 0 saturated carbocycles. The van der Waals surface area contributed by atoms with Gasteiger partial charge in [-0.25, -0.2) is 0 Å². The SMILES string of the molecule is COC(=O)C(C(=O)OC)[C@@H](C)[C@H](NC(=O)c1ccncc1)C(N)=O. The molecular weight excluding hydrogens is 318 g/mol. The summed E-state index contributed by atoms with van der Waals surface area (Å²) < 4.78 is 9.13. The highest BCUT2D eigenvalue weighted by atomic mass is 16.5. The number of hydrogen-bond acceptors (Lipinski definition) is 7. The zero-order valence-electron chi connectivity index (χ0n) is 13.5. The maximum Gasteiger partial charge on any atom is 0.320 e. The Morgan fingerprint density at radius 2 is 1.58 bits per heavy atom. The number of nitrogens with one attached hydrogen (secondary N) is 1. The van der Waals surface area contributed by atoms with E-state index in [9.17, 15) is 19.2 Å². The van der Waals surface area contributed by atoms with Crippen molar-refractivity contribution in [3.63, 3.8) is 0 Å². The number of nitrogens with two attached hydrogens (primary N) is 1. The second kappa shape index (κ2) is 8.61.